The second-order valence-electron chi connectivity index (χ2n) is 9.50. The van der Waals surface area contributed by atoms with Crippen molar-refractivity contribution in [1.82, 2.24) is 0 Å². The Hall–Kier alpha value is -0.770. The Bertz CT molecular complexity index is 977. The number of hydrogen-bond donors (Lipinski definition) is 11. The first-order valence-corrected chi connectivity index (χ1v) is 13.0. The molecule has 4 aliphatic rings. The van der Waals surface area contributed by atoms with Crippen LogP contribution in [-0.4, -0.2) is 160 Å². The van der Waals surface area contributed by atoms with E-state index < -0.39 is 122 Å². The zero-order valence-electron chi connectivity index (χ0n) is 20.0. The van der Waals surface area contributed by atoms with Gasteiger partial charge in [-0.15, -0.1) is 0 Å². The molecule has 4 fully saturated rings. The summed E-state index contributed by atoms with van der Waals surface area (Å²) >= 11 is 0. The third-order valence-corrected chi connectivity index (χ3v) is 7.94. The molecule has 4 heterocycles. The quantitative estimate of drug-likeness (QED) is 0.130. The van der Waals surface area contributed by atoms with Gasteiger partial charge in [-0.05, 0) is 0 Å². The molecular formula is C18H33N3O17S. The Kier molecular flexibility index (Phi) is 8.90. The molecule has 15 atom stereocenters. The number of aliphatic hydroxyl groups excluding tert-OH is 7. The van der Waals surface area contributed by atoms with Crippen LogP contribution in [-0.2, 0) is 42.4 Å². The summed E-state index contributed by atoms with van der Waals surface area (Å²) < 4.78 is 59.8. The first kappa shape index (κ1) is 31.2. The minimum Gasteiger partial charge on any atom is -0.394 e. The number of rotatable bonds is 7. The largest absolute Gasteiger partial charge is 0.405 e. The number of fused-ring (bicyclic) bond motifs is 1. The zero-order valence-corrected chi connectivity index (χ0v) is 20.8. The van der Waals surface area contributed by atoms with Gasteiger partial charge in [-0.1, -0.05) is 0 Å². The van der Waals surface area contributed by atoms with E-state index >= 15 is 0 Å². The molecule has 4 saturated heterocycles. The first-order valence-electron chi connectivity index (χ1n) is 11.6. The van der Waals surface area contributed by atoms with E-state index in [-0.39, 0.29) is 0 Å². The van der Waals surface area contributed by atoms with E-state index in [1.807, 2.05) is 0 Å². The highest BCUT2D eigenvalue weighted by Crippen LogP contribution is 2.47. The minimum absolute atomic E-state index is 0.717. The van der Waals surface area contributed by atoms with Gasteiger partial charge in [0, 0.05) is 0 Å². The van der Waals surface area contributed by atoms with Gasteiger partial charge in [0.2, 0.25) is 0 Å². The molecule has 0 radical (unpaired) electrons. The summed E-state index contributed by atoms with van der Waals surface area (Å²) in [5.41, 5.74) is 17.6. The van der Waals surface area contributed by atoms with Crippen LogP contribution in [0.25, 0.3) is 0 Å². The Labute approximate surface area is 220 Å². The number of hydrogen-bond acceptors (Lipinski definition) is 20. The molecule has 39 heavy (non-hydrogen) atoms. The highest BCUT2D eigenvalue weighted by molar-refractivity contribution is 7.82. The van der Waals surface area contributed by atoms with Gasteiger partial charge in [-0.25, -0.2) is 8.37 Å². The van der Waals surface area contributed by atoms with E-state index in [9.17, 15) is 49.3 Å². The van der Waals surface area contributed by atoms with E-state index in [0.717, 1.165) is 0 Å². The molecule has 0 aromatic heterocycles. The van der Waals surface area contributed by atoms with E-state index in [4.69, 9.17) is 40.9 Å². The predicted octanol–water partition coefficient (Wildman–Crippen LogP) is -8.73. The fourth-order valence-corrected chi connectivity index (χ4v) is 5.88. The van der Waals surface area contributed by atoms with Gasteiger partial charge >= 0.3 is 10.4 Å². The van der Waals surface area contributed by atoms with Gasteiger partial charge in [-0.3, -0.25) is 0 Å². The molecule has 20 nitrogen and oxygen atoms in total. The lowest BCUT2D eigenvalue weighted by molar-refractivity contribution is -0.434. The highest BCUT2D eigenvalue weighted by atomic mass is 32.3. The van der Waals surface area contributed by atoms with Crippen LogP contribution in [0, 0.1) is 0 Å². The topological polar surface area (TPSA) is 339 Å². The normalized spacial score (nSPS) is 53.9. The van der Waals surface area contributed by atoms with Crippen molar-refractivity contribution in [2.24, 2.45) is 17.2 Å². The van der Waals surface area contributed by atoms with Gasteiger partial charge in [0.1, 0.15) is 49.3 Å². The lowest BCUT2D eigenvalue weighted by atomic mass is 9.90. The molecule has 14 N–H and O–H groups in total. The van der Waals surface area contributed by atoms with E-state index in [1.54, 1.807) is 0 Å². The molecule has 0 aliphatic carbocycles. The maximum atomic E-state index is 11.8. The van der Waals surface area contributed by atoms with Crippen molar-refractivity contribution in [2.45, 2.75) is 91.3 Å². The second kappa shape index (κ2) is 11.1. The van der Waals surface area contributed by atoms with Crippen LogP contribution in [0.4, 0.5) is 0 Å². The van der Waals surface area contributed by atoms with E-state index in [2.05, 4.69) is 8.37 Å². The van der Waals surface area contributed by atoms with Gasteiger partial charge in [0.15, 0.2) is 18.9 Å². The van der Waals surface area contributed by atoms with Crippen molar-refractivity contribution in [1.29, 1.82) is 0 Å². The van der Waals surface area contributed by atoms with Crippen molar-refractivity contribution < 1.29 is 81.3 Å². The van der Waals surface area contributed by atoms with E-state index in [1.165, 1.54) is 0 Å². The number of nitrogens with two attached hydrogens (primary N) is 3. The van der Waals surface area contributed by atoms with Crippen molar-refractivity contribution in [3.05, 3.63) is 0 Å². The molecule has 0 aromatic carbocycles. The summed E-state index contributed by atoms with van der Waals surface area (Å²) in [6.07, 6.45) is -16.5. The van der Waals surface area contributed by atoms with Crippen LogP contribution in [0.3, 0.4) is 0 Å². The molecule has 0 spiro atoms. The van der Waals surface area contributed by atoms with Gasteiger partial charge in [0.05, 0.1) is 31.3 Å². The molecule has 21 heteroatoms. The maximum Gasteiger partial charge on any atom is 0.405 e. The average Bonchev–Trinajstić information content (AvgIpc) is 3.11. The summed E-state index contributed by atoms with van der Waals surface area (Å²) in [6.45, 7) is -2.94. The Balaban J connectivity index is 1.52. The highest BCUT2D eigenvalue weighted by Gasteiger charge is 2.74. The molecule has 4 aliphatic heterocycles. The van der Waals surface area contributed by atoms with Crippen molar-refractivity contribution in [3.8, 4) is 0 Å². The van der Waals surface area contributed by atoms with Gasteiger partial charge in [-0.2, -0.15) is 8.42 Å². The molecule has 0 bridgehead atoms. The monoisotopic (exact) mass is 595 g/mol. The Morgan fingerprint density at radius 1 is 0.769 bits per heavy atom. The second-order valence-corrected chi connectivity index (χ2v) is 10.7. The first-order chi connectivity index (χ1) is 18.1. The zero-order chi connectivity index (χ0) is 29.1. The molecule has 228 valence electrons. The molecule has 4 rings (SSSR count). The standard InChI is InChI=1S/C18H33N3O17S/c19-6-9(25)11(4(1-22)32-14(6)28)34-15-7(20)10(26)12(5(2-23)33-15)35-16-8(21)13(27)18(29)17(3-24,36-16)37-39(30,31)38-18/h4-16,22-29H,1-3,19-21H2/t4-,5-,6-,7-,8-,9-,10-,11?,12?,13-,14-,15+,16+,17-,18+/m1/s1. The van der Waals surface area contributed by atoms with Crippen molar-refractivity contribution >= 4 is 10.4 Å². The van der Waals surface area contributed by atoms with E-state index in [0.29, 0.717) is 0 Å². The van der Waals surface area contributed by atoms with Crippen molar-refractivity contribution in [3.63, 3.8) is 0 Å². The lowest BCUT2D eigenvalue weighted by Crippen LogP contribution is -2.75. The lowest BCUT2D eigenvalue weighted by Gasteiger charge is -2.50. The van der Waals surface area contributed by atoms with Crippen LogP contribution < -0.4 is 17.2 Å². The molecule has 0 saturated carbocycles. The fourth-order valence-electron chi connectivity index (χ4n) is 4.77. The summed E-state index contributed by atoms with van der Waals surface area (Å²) in [4.78, 5) is 0. The molecular weight excluding hydrogens is 562 g/mol. The SMILES string of the molecule is N[C@H]1[C@@H](OC2[C@@H](CO)O[C@@H](OC3[C@@H](CO)O[C@@H](O)[C@H](N)[C@H]3O)[C@H](N)[C@H]2O)O[C@]2(CO)OS(=O)(=O)O[C@@]2(O)[C@@H]1O. The van der Waals surface area contributed by atoms with Crippen LogP contribution in [0.1, 0.15) is 0 Å². The molecule has 0 aromatic rings. The van der Waals surface area contributed by atoms with Crippen LogP contribution in [0.2, 0.25) is 0 Å². The maximum absolute atomic E-state index is 11.8. The smallest absolute Gasteiger partial charge is 0.394 e. The van der Waals surface area contributed by atoms with Crippen molar-refractivity contribution in [2.75, 3.05) is 19.8 Å². The fraction of sp³-hybridized carbons (Fsp3) is 1.00. The molecule has 0 amide bonds. The summed E-state index contributed by atoms with van der Waals surface area (Å²) in [7, 11) is -4.98. The summed E-state index contributed by atoms with van der Waals surface area (Å²) in [6, 6.07) is -4.62. The Morgan fingerprint density at radius 2 is 1.31 bits per heavy atom. The number of ether oxygens (including phenoxy) is 5. The Morgan fingerprint density at radius 3 is 1.87 bits per heavy atom. The van der Waals surface area contributed by atoms with Crippen LogP contribution in [0.15, 0.2) is 0 Å². The summed E-state index contributed by atoms with van der Waals surface area (Å²) in [5, 5.41) is 81.5. The van der Waals surface area contributed by atoms with Gasteiger partial charge in [0.25, 0.3) is 11.6 Å². The number of aliphatic hydroxyl groups is 8. The summed E-state index contributed by atoms with van der Waals surface area (Å²) in [5.74, 6) is -6.09. The minimum atomic E-state index is -4.98. The third kappa shape index (κ3) is 5.20. The van der Waals surface area contributed by atoms with Crippen LogP contribution >= 0.6 is 0 Å². The van der Waals surface area contributed by atoms with Gasteiger partial charge < -0.3 is 81.7 Å². The molecule has 2 unspecified atom stereocenters. The third-order valence-electron chi connectivity index (χ3n) is 7.01. The van der Waals surface area contributed by atoms with Crippen LogP contribution in [0.5, 0.6) is 0 Å². The predicted molar refractivity (Wildman–Crippen MR) is 116 cm³/mol. The average molecular weight is 596 g/mol.